The van der Waals surface area contributed by atoms with Crippen molar-refractivity contribution in [3.63, 3.8) is 0 Å². The minimum absolute atomic E-state index is 0.0713. The summed E-state index contributed by atoms with van der Waals surface area (Å²) in [5.41, 5.74) is 4.34. The molecule has 0 fully saturated rings. The Morgan fingerprint density at radius 3 is 2.15 bits per heavy atom. The molecule has 6 rings (SSSR count). The van der Waals surface area contributed by atoms with Gasteiger partial charge in [-0.2, -0.15) is 13.2 Å². The van der Waals surface area contributed by atoms with Gasteiger partial charge >= 0.3 is 12.1 Å². The number of carbonyl (C=O) groups excluding carboxylic acids is 1. The van der Waals surface area contributed by atoms with Gasteiger partial charge in [-0.05, 0) is 72.5 Å². The molecular weight excluding hydrogens is 623 g/mol. The second-order valence-electron chi connectivity index (χ2n) is 11.4. The fourth-order valence-electron chi connectivity index (χ4n) is 5.46. The Hall–Kier alpha value is -5.71. The first-order valence-electron chi connectivity index (χ1n) is 15.3. The Kier molecular flexibility index (Phi) is 9.11. The molecule has 0 spiro atoms. The molecular formula is C37H30F3N3O5. The molecule has 8 nitrogen and oxygen atoms in total. The molecule has 0 unspecified atom stereocenters. The van der Waals surface area contributed by atoms with Gasteiger partial charge in [0, 0.05) is 41.5 Å². The normalized spacial score (nSPS) is 12.2. The molecule has 0 bridgehead atoms. The SMILES string of the molecule is Cc1c(-c2nnc([C@H](Cc3ccc(-c4ccc(C(F)(F)F)cc4)cc3)Nc3ccc(C(=O)CCCC(=O)O)cc3)o2)oc2ccccc12. The van der Waals surface area contributed by atoms with Crippen LogP contribution in [0.3, 0.4) is 0 Å². The summed E-state index contributed by atoms with van der Waals surface area (Å²) in [5, 5.41) is 21.8. The van der Waals surface area contributed by atoms with E-state index in [0.717, 1.165) is 34.2 Å². The lowest BCUT2D eigenvalue weighted by molar-refractivity contribution is -0.138. The van der Waals surface area contributed by atoms with E-state index in [2.05, 4.69) is 15.5 Å². The number of nitrogens with one attached hydrogen (secondary N) is 1. The van der Waals surface area contributed by atoms with Crippen LogP contribution in [0.15, 0.2) is 106 Å². The second kappa shape index (κ2) is 13.6. The average Bonchev–Trinajstić information content (AvgIpc) is 3.69. The number of carboxylic acid groups (broad SMARTS) is 1. The fourth-order valence-corrected chi connectivity index (χ4v) is 5.46. The quantitative estimate of drug-likeness (QED) is 0.126. The number of hydrogen-bond donors (Lipinski definition) is 2. The number of aryl methyl sites for hydroxylation is 1. The number of benzene rings is 4. The largest absolute Gasteiger partial charge is 0.481 e. The van der Waals surface area contributed by atoms with Gasteiger partial charge in [0.15, 0.2) is 11.5 Å². The van der Waals surface area contributed by atoms with Crippen LogP contribution in [-0.2, 0) is 17.4 Å². The van der Waals surface area contributed by atoms with Crippen molar-refractivity contribution in [2.45, 2.75) is 44.8 Å². The standard InChI is InChI=1S/C37H30F3N3O5/c1-22-29-5-2-3-7-32(29)47-34(22)36-43-42-35(48-36)30(41-28-19-15-26(16-20-28)31(44)6-4-8-33(45)46)21-23-9-11-24(12-10-23)25-13-17-27(18-14-25)37(38,39)40/h2-3,5,7,9-20,30,41H,4,6,8,21H2,1H3,(H,45,46)/t30-/m0/s1. The van der Waals surface area contributed by atoms with E-state index >= 15 is 0 Å². The molecule has 1 atom stereocenters. The van der Waals surface area contributed by atoms with Gasteiger partial charge in [-0.25, -0.2) is 0 Å². The second-order valence-corrected chi connectivity index (χ2v) is 11.4. The molecule has 0 saturated carbocycles. The van der Waals surface area contributed by atoms with Crippen molar-refractivity contribution < 1.29 is 36.7 Å². The maximum atomic E-state index is 13.0. The molecule has 0 aliphatic rings. The lowest BCUT2D eigenvalue weighted by atomic mass is 9.99. The first-order valence-corrected chi connectivity index (χ1v) is 15.3. The number of alkyl halides is 3. The molecule has 0 aliphatic heterocycles. The smallest absolute Gasteiger partial charge is 0.416 e. The lowest BCUT2D eigenvalue weighted by Gasteiger charge is -2.17. The summed E-state index contributed by atoms with van der Waals surface area (Å²) in [4.78, 5) is 23.3. The van der Waals surface area contributed by atoms with Crippen LogP contribution in [0.2, 0.25) is 0 Å². The highest BCUT2D eigenvalue weighted by molar-refractivity contribution is 5.96. The van der Waals surface area contributed by atoms with E-state index in [4.69, 9.17) is 13.9 Å². The molecule has 0 saturated heterocycles. The third-order valence-corrected chi connectivity index (χ3v) is 8.06. The van der Waals surface area contributed by atoms with E-state index < -0.39 is 23.8 Å². The number of aliphatic carboxylic acids is 1. The number of carboxylic acids is 1. The number of carbonyl (C=O) groups is 2. The van der Waals surface area contributed by atoms with Crippen molar-refractivity contribution in [2.75, 3.05) is 5.32 Å². The van der Waals surface area contributed by atoms with Crippen LogP contribution in [0.25, 0.3) is 33.7 Å². The highest BCUT2D eigenvalue weighted by atomic mass is 19.4. The zero-order valence-corrected chi connectivity index (χ0v) is 25.8. The van der Waals surface area contributed by atoms with Crippen molar-refractivity contribution >= 4 is 28.4 Å². The van der Waals surface area contributed by atoms with E-state index in [-0.39, 0.29) is 30.9 Å². The van der Waals surface area contributed by atoms with Crippen molar-refractivity contribution in [1.82, 2.24) is 10.2 Å². The number of halogens is 3. The van der Waals surface area contributed by atoms with Crippen LogP contribution in [0.1, 0.15) is 58.2 Å². The number of anilines is 1. The summed E-state index contributed by atoms with van der Waals surface area (Å²) in [6.07, 6.45) is -3.67. The van der Waals surface area contributed by atoms with Gasteiger partial charge in [-0.15, -0.1) is 10.2 Å². The maximum absolute atomic E-state index is 13.0. The zero-order chi connectivity index (χ0) is 33.8. The summed E-state index contributed by atoms with van der Waals surface area (Å²) < 4.78 is 51.3. The number of hydrogen-bond acceptors (Lipinski definition) is 7. The Balaban J connectivity index is 1.24. The first-order chi connectivity index (χ1) is 23.0. The summed E-state index contributed by atoms with van der Waals surface area (Å²) in [5.74, 6) is -0.0890. The van der Waals surface area contributed by atoms with E-state index in [1.807, 2.05) is 55.5 Å². The predicted octanol–water partition coefficient (Wildman–Crippen LogP) is 9.31. The number of rotatable bonds is 12. The highest BCUT2D eigenvalue weighted by Crippen LogP contribution is 2.34. The molecule has 4 aromatic carbocycles. The van der Waals surface area contributed by atoms with Crippen LogP contribution < -0.4 is 5.32 Å². The van der Waals surface area contributed by atoms with Crippen molar-refractivity contribution in [3.8, 4) is 22.8 Å². The predicted molar refractivity (Wildman–Crippen MR) is 173 cm³/mol. The molecule has 48 heavy (non-hydrogen) atoms. The number of aromatic nitrogens is 2. The molecule has 2 aromatic heterocycles. The first kappa shape index (κ1) is 32.2. The van der Waals surface area contributed by atoms with E-state index in [0.29, 0.717) is 40.5 Å². The van der Waals surface area contributed by atoms with E-state index in [9.17, 15) is 22.8 Å². The topological polar surface area (TPSA) is 118 Å². The zero-order valence-electron chi connectivity index (χ0n) is 25.8. The summed E-state index contributed by atoms with van der Waals surface area (Å²) in [6.45, 7) is 1.92. The van der Waals surface area contributed by atoms with Crippen LogP contribution in [0.5, 0.6) is 0 Å². The molecule has 11 heteroatoms. The van der Waals surface area contributed by atoms with Gasteiger partial charge in [0.05, 0.1) is 5.56 Å². The van der Waals surface area contributed by atoms with Crippen LogP contribution in [-0.4, -0.2) is 27.1 Å². The molecule has 244 valence electrons. The maximum Gasteiger partial charge on any atom is 0.416 e. The van der Waals surface area contributed by atoms with Crippen molar-refractivity contribution in [2.24, 2.45) is 0 Å². The van der Waals surface area contributed by atoms with Gasteiger partial charge in [-0.3, -0.25) is 9.59 Å². The molecule has 2 heterocycles. The Morgan fingerprint density at radius 1 is 0.833 bits per heavy atom. The number of nitrogens with zero attached hydrogens (tertiary/aromatic N) is 2. The number of fused-ring (bicyclic) bond motifs is 1. The fraction of sp³-hybridized carbons (Fsp3) is 0.189. The molecule has 0 amide bonds. The number of para-hydroxylation sites is 1. The Morgan fingerprint density at radius 2 is 1.50 bits per heavy atom. The average molecular weight is 654 g/mol. The third kappa shape index (κ3) is 7.30. The van der Waals surface area contributed by atoms with Gasteiger partial charge in [0.25, 0.3) is 5.89 Å². The monoisotopic (exact) mass is 653 g/mol. The van der Waals surface area contributed by atoms with E-state index in [1.165, 1.54) is 12.1 Å². The lowest BCUT2D eigenvalue weighted by Crippen LogP contribution is -2.14. The van der Waals surface area contributed by atoms with Crippen molar-refractivity contribution in [1.29, 1.82) is 0 Å². The Labute approximate surface area is 273 Å². The van der Waals surface area contributed by atoms with Crippen LogP contribution >= 0.6 is 0 Å². The minimum atomic E-state index is -4.40. The van der Waals surface area contributed by atoms with E-state index in [1.54, 1.807) is 24.3 Å². The minimum Gasteiger partial charge on any atom is -0.481 e. The summed E-state index contributed by atoms with van der Waals surface area (Å²) in [6, 6.07) is 26.5. The van der Waals surface area contributed by atoms with Crippen LogP contribution in [0, 0.1) is 6.92 Å². The number of furan rings is 1. The third-order valence-electron chi connectivity index (χ3n) is 8.06. The highest BCUT2D eigenvalue weighted by Gasteiger charge is 2.30. The van der Waals surface area contributed by atoms with Gasteiger partial charge in [-0.1, -0.05) is 54.6 Å². The number of ketones is 1. The van der Waals surface area contributed by atoms with Gasteiger partial charge in [0.1, 0.15) is 11.6 Å². The van der Waals surface area contributed by atoms with Gasteiger partial charge < -0.3 is 19.3 Å². The molecule has 2 N–H and O–H groups in total. The number of Topliss-reactive ketones (excluding diaryl/α,β-unsaturated/α-hetero) is 1. The molecule has 0 radical (unpaired) electrons. The molecule has 6 aromatic rings. The summed E-state index contributed by atoms with van der Waals surface area (Å²) >= 11 is 0. The Bertz CT molecular complexity index is 2050. The molecule has 0 aliphatic carbocycles. The van der Waals surface area contributed by atoms with Crippen LogP contribution in [0.4, 0.5) is 18.9 Å². The van der Waals surface area contributed by atoms with Crippen molar-refractivity contribution in [3.05, 3.63) is 125 Å². The van der Waals surface area contributed by atoms with Gasteiger partial charge in [0.2, 0.25) is 5.89 Å². The summed E-state index contributed by atoms with van der Waals surface area (Å²) in [7, 11) is 0.